The van der Waals surface area contributed by atoms with Crippen LogP contribution in [0, 0.1) is 5.92 Å². The van der Waals surface area contributed by atoms with Gasteiger partial charge in [0.1, 0.15) is 5.15 Å². The van der Waals surface area contributed by atoms with Gasteiger partial charge in [-0.2, -0.15) is 0 Å². The molecule has 0 aliphatic heterocycles. The molecular formula is C10H15ClN2O3S. The molecule has 0 fully saturated rings. The lowest BCUT2D eigenvalue weighted by molar-refractivity contribution is 0.263. The number of rotatable bonds is 6. The molecule has 1 atom stereocenters. The molecule has 5 nitrogen and oxygen atoms in total. The normalized spacial score (nSPS) is 13.6. The van der Waals surface area contributed by atoms with E-state index >= 15 is 0 Å². The zero-order valence-electron chi connectivity index (χ0n) is 9.43. The lowest BCUT2D eigenvalue weighted by Crippen LogP contribution is -2.28. The Morgan fingerprint density at radius 1 is 1.59 bits per heavy atom. The van der Waals surface area contributed by atoms with Gasteiger partial charge in [0.2, 0.25) is 10.0 Å². The van der Waals surface area contributed by atoms with Crippen molar-refractivity contribution in [3.63, 3.8) is 0 Å². The Bertz CT molecular complexity index is 464. The van der Waals surface area contributed by atoms with Crippen LogP contribution < -0.4 is 4.72 Å². The van der Waals surface area contributed by atoms with Crippen molar-refractivity contribution in [2.75, 3.05) is 13.2 Å². The molecule has 0 aliphatic rings. The van der Waals surface area contributed by atoms with E-state index in [4.69, 9.17) is 16.7 Å². The molecule has 0 bridgehead atoms. The molecule has 0 saturated carbocycles. The molecule has 1 heterocycles. The van der Waals surface area contributed by atoms with Gasteiger partial charge in [0.05, 0.1) is 4.90 Å². The molecule has 0 amide bonds. The van der Waals surface area contributed by atoms with Crippen LogP contribution in [0.5, 0.6) is 0 Å². The summed E-state index contributed by atoms with van der Waals surface area (Å²) >= 11 is 5.63. The average molecular weight is 279 g/mol. The highest BCUT2D eigenvalue weighted by molar-refractivity contribution is 7.89. The zero-order chi connectivity index (χ0) is 12.9. The van der Waals surface area contributed by atoms with Gasteiger partial charge in [-0.1, -0.05) is 18.5 Å². The van der Waals surface area contributed by atoms with Crippen LogP contribution in [-0.4, -0.2) is 31.7 Å². The van der Waals surface area contributed by atoms with Gasteiger partial charge in [0, 0.05) is 19.3 Å². The van der Waals surface area contributed by atoms with Crippen molar-refractivity contribution in [1.82, 2.24) is 9.71 Å². The van der Waals surface area contributed by atoms with E-state index in [9.17, 15) is 8.42 Å². The highest BCUT2D eigenvalue weighted by Crippen LogP contribution is 2.13. The maximum atomic E-state index is 11.8. The predicted octanol–water partition coefficient (Wildman–Crippen LogP) is 1.03. The van der Waals surface area contributed by atoms with Crippen LogP contribution in [-0.2, 0) is 10.0 Å². The Kier molecular flexibility index (Phi) is 5.32. The van der Waals surface area contributed by atoms with E-state index in [1.807, 2.05) is 6.92 Å². The Labute approximate surface area is 106 Å². The van der Waals surface area contributed by atoms with Gasteiger partial charge in [-0.05, 0) is 24.5 Å². The minimum Gasteiger partial charge on any atom is -0.396 e. The minimum atomic E-state index is -3.55. The van der Waals surface area contributed by atoms with E-state index < -0.39 is 10.0 Å². The summed E-state index contributed by atoms with van der Waals surface area (Å²) in [4.78, 5) is 3.81. The van der Waals surface area contributed by atoms with Crippen LogP contribution in [0.4, 0.5) is 0 Å². The first-order chi connectivity index (χ1) is 7.95. The van der Waals surface area contributed by atoms with Crippen molar-refractivity contribution in [3.8, 4) is 0 Å². The average Bonchev–Trinajstić information content (AvgIpc) is 2.27. The topological polar surface area (TPSA) is 79.3 Å². The third-order valence-electron chi connectivity index (χ3n) is 2.25. The number of aliphatic hydroxyl groups excluding tert-OH is 1. The highest BCUT2D eigenvalue weighted by Gasteiger charge is 2.15. The summed E-state index contributed by atoms with van der Waals surface area (Å²) in [5.74, 6) is 0.0760. The molecule has 17 heavy (non-hydrogen) atoms. The number of hydrogen-bond acceptors (Lipinski definition) is 4. The lowest BCUT2D eigenvalue weighted by atomic mass is 10.1. The fourth-order valence-electron chi connectivity index (χ4n) is 1.21. The van der Waals surface area contributed by atoms with Crippen molar-refractivity contribution in [2.45, 2.75) is 18.2 Å². The summed E-state index contributed by atoms with van der Waals surface area (Å²) in [5.41, 5.74) is 0. The van der Waals surface area contributed by atoms with E-state index in [1.54, 1.807) is 0 Å². The Balaban J connectivity index is 2.69. The first-order valence-corrected chi connectivity index (χ1v) is 7.04. The van der Waals surface area contributed by atoms with E-state index in [-0.39, 0.29) is 29.1 Å². The van der Waals surface area contributed by atoms with E-state index in [2.05, 4.69) is 9.71 Å². The number of aliphatic hydroxyl groups is 1. The molecule has 1 rings (SSSR count). The second-order valence-corrected chi connectivity index (χ2v) is 5.94. The Hall–Kier alpha value is -0.690. The maximum absolute atomic E-state index is 11.8. The SMILES string of the molecule is CC(CCO)CNS(=O)(=O)c1ccnc(Cl)c1. The van der Waals surface area contributed by atoms with Gasteiger partial charge in [0.15, 0.2) is 0 Å². The highest BCUT2D eigenvalue weighted by atomic mass is 35.5. The van der Waals surface area contributed by atoms with Gasteiger partial charge < -0.3 is 5.11 Å². The fraction of sp³-hybridized carbons (Fsp3) is 0.500. The molecule has 0 aromatic carbocycles. The number of pyridine rings is 1. The predicted molar refractivity (Wildman–Crippen MR) is 65.3 cm³/mol. The van der Waals surface area contributed by atoms with Gasteiger partial charge in [-0.15, -0.1) is 0 Å². The van der Waals surface area contributed by atoms with Crippen LogP contribution in [0.1, 0.15) is 13.3 Å². The van der Waals surface area contributed by atoms with E-state index in [0.717, 1.165) is 0 Å². The zero-order valence-corrected chi connectivity index (χ0v) is 11.0. The second-order valence-electron chi connectivity index (χ2n) is 3.78. The smallest absolute Gasteiger partial charge is 0.240 e. The first-order valence-electron chi connectivity index (χ1n) is 5.18. The number of nitrogens with one attached hydrogen (secondary N) is 1. The summed E-state index contributed by atoms with van der Waals surface area (Å²) in [6.07, 6.45) is 1.90. The molecule has 7 heteroatoms. The molecule has 1 unspecified atom stereocenters. The van der Waals surface area contributed by atoms with Crippen molar-refractivity contribution in [3.05, 3.63) is 23.5 Å². The van der Waals surface area contributed by atoms with Crippen LogP contribution in [0.3, 0.4) is 0 Å². The third kappa shape index (κ3) is 4.59. The number of halogens is 1. The van der Waals surface area contributed by atoms with Crippen LogP contribution in [0.2, 0.25) is 5.15 Å². The van der Waals surface area contributed by atoms with Gasteiger partial charge in [-0.3, -0.25) is 0 Å². The summed E-state index contributed by atoms with van der Waals surface area (Å²) in [6, 6.07) is 2.67. The van der Waals surface area contributed by atoms with E-state index in [1.165, 1.54) is 18.3 Å². The summed E-state index contributed by atoms with van der Waals surface area (Å²) in [6.45, 7) is 2.19. The largest absolute Gasteiger partial charge is 0.396 e. The summed E-state index contributed by atoms with van der Waals surface area (Å²) in [7, 11) is -3.55. The number of hydrogen-bond donors (Lipinski definition) is 2. The Morgan fingerprint density at radius 2 is 2.29 bits per heavy atom. The lowest BCUT2D eigenvalue weighted by Gasteiger charge is -2.11. The fourth-order valence-corrected chi connectivity index (χ4v) is 2.63. The maximum Gasteiger partial charge on any atom is 0.240 e. The molecule has 2 N–H and O–H groups in total. The van der Waals surface area contributed by atoms with Crippen molar-refractivity contribution >= 4 is 21.6 Å². The van der Waals surface area contributed by atoms with Crippen LogP contribution >= 0.6 is 11.6 Å². The number of aromatic nitrogens is 1. The van der Waals surface area contributed by atoms with Crippen molar-refractivity contribution in [1.29, 1.82) is 0 Å². The van der Waals surface area contributed by atoms with Crippen LogP contribution in [0.15, 0.2) is 23.2 Å². The standard InChI is InChI=1S/C10H15ClN2O3S/c1-8(3-5-14)7-13-17(15,16)9-2-4-12-10(11)6-9/h2,4,6,8,13-14H,3,5,7H2,1H3. The Morgan fingerprint density at radius 3 is 2.88 bits per heavy atom. The third-order valence-corrected chi connectivity index (χ3v) is 3.88. The van der Waals surface area contributed by atoms with Gasteiger partial charge >= 0.3 is 0 Å². The van der Waals surface area contributed by atoms with Gasteiger partial charge in [0.25, 0.3) is 0 Å². The molecule has 0 aliphatic carbocycles. The monoisotopic (exact) mass is 278 g/mol. The van der Waals surface area contributed by atoms with Crippen molar-refractivity contribution < 1.29 is 13.5 Å². The number of nitrogens with zero attached hydrogens (tertiary/aromatic N) is 1. The van der Waals surface area contributed by atoms with Crippen molar-refractivity contribution in [2.24, 2.45) is 5.92 Å². The van der Waals surface area contributed by atoms with Gasteiger partial charge in [-0.25, -0.2) is 18.1 Å². The molecular weight excluding hydrogens is 264 g/mol. The molecule has 0 spiro atoms. The molecule has 1 aromatic rings. The molecule has 1 aromatic heterocycles. The van der Waals surface area contributed by atoms with Crippen LogP contribution in [0.25, 0.3) is 0 Å². The second kappa shape index (κ2) is 6.30. The minimum absolute atomic E-state index is 0.0456. The molecule has 96 valence electrons. The summed E-state index contributed by atoms with van der Waals surface area (Å²) < 4.78 is 26.1. The molecule has 0 radical (unpaired) electrons. The van der Waals surface area contributed by atoms with E-state index in [0.29, 0.717) is 6.42 Å². The quantitative estimate of drug-likeness (QED) is 0.762. The molecule has 0 saturated heterocycles. The first kappa shape index (κ1) is 14.4. The summed E-state index contributed by atoms with van der Waals surface area (Å²) in [5, 5.41) is 8.85. The number of sulfonamides is 1.